The molecule has 1 atom stereocenters. The van der Waals surface area contributed by atoms with E-state index >= 15 is 0 Å². The fourth-order valence-corrected chi connectivity index (χ4v) is 3.69. The van der Waals surface area contributed by atoms with E-state index in [0.717, 1.165) is 12.3 Å². The molecule has 0 radical (unpaired) electrons. The Morgan fingerprint density at radius 3 is 2.52 bits per heavy atom. The minimum Gasteiger partial charge on any atom is -0.491 e. The van der Waals surface area contributed by atoms with Gasteiger partial charge in [-0.1, -0.05) is 19.1 Å². The molecule has 1 aromatic carbocycles. The van der Waals surface area contributed by atoms with E-state index in [4.69, 9.17) is 4.74 Å². The van der Waals surface area contributed by atoms with E-state index in [1.807, 2.05) is 17.4 Å². The van der Waals surface area contributed by atoms with Crippen LogP contribution < -0.4 is 10.1 Å². The molecule has 0 aliphatic heterocycles. The number of benzene rings is 1. The molecule has 0 spiro atoms. The summed E-state index contributed by atoms with van der Waals surface area (Å²) in [6, 6.07) is 10.9. The second-order valence-corrected chi connectivity index (χ2v) is 6.92. The highest BCUT2D eigenvalue weighted by molar-refractivity contribution is 7.12. The van der Waals surface area contributed by atoms with Crippen LogP contribution in [0.4, 0.5) is 0 Å². The standard InChI is InChI=1S/C18H25NOS/c1-6-19-17(18-13(4)10-14(5)21-18)15-8-7-9-16(11-15)20-12(2)3/h7-12,17,19H,6H2,1-5H3. The second kappa shape index (κ2) is 7.10. The van der Waals surface area contributed by atoms with Crippen molar-refractivity contribution in [2.24, 2.45) is 0 Å². The summed E-state index contributed by atoms with van der Waals surface area (Å²) in [5, 5.41) is 3.60. The van der Waals surface area contributed by atoms with E-state index in [2.05, 4.69) is 64.2 Å². The van der Waals surface area contributed by atoms with Gasteiger partial charge in [0, 0.05) is 9.75 Å². The molecule has 114 valence electrons. The summed E-state index contributed by atoms with van der Waals surface area (Å²) in [6.45, 7) is 11.6. The van der Waals surface area contributed by atoms with Gasteiger partial charge < -0.3 is 10.1 Å². The molecule has 1 unspecified atom stereocenters. The van der Waals surface area contributed by atoms with Crippen molar-refractivity contribution in [3.63, 3.8) is 0 Å². The summed E-state index contributed by atoms with van der Waals surface area (Å²) in [4.78, 5) is 2.76. The maximum absolute atomic E-state index is 5.83. The third kappa shape index (κ3) is 4.08. The van der Waals surface area contributed by atoms with Crippen molar-refractivity contribution in [1.29, 1.82) is 0 Å². The van der Waals surface area contributed by atoms with Crippen LogP contribution in [0.5, 0.6) is 5.75 Å². The molecule has 0 saturated carbocycles. The molecule has 0 aliphatic carbocycles. The molecule has 2 rings (SSSR count). The summed E-state index contributed by atoms with van der Waals surface area (Å²) >= 11 is 1.87. The Bertz CT molecular complexity index is 589. The van der Waals surface area contributed by atoms with Gasteiger partial charge in [-0.25, -0.2) is 0 Å². The summed E-state index contributed by atoms with van der Waals surface area (Å²) in [5.74, 6) is 0.941. The topological polar surface area (TPSA) is 21.3 Å². The number of hydrogen-bond donors (Lipinski definition) is 1. The van der Waals surface area contributed by atoms with Gasteiger partial charge in [-0.05, 0) is 63.6 Å². The summed E-state index contributed by atoms with van der Waals surface area (Å²) < 4.78 is 5.83. The fraction of sp³-hybridized carbons (Fsp3) is 0.444. The Balaban J connectivity index is 2.36. The molecule has 0 fully saturated rings. The van der Waals surface area contributed by atoms with Gasteiger partial charge >= 0.3 is 0 Å². The summed E-state index contributed by atoms with van der Waals surface area (Å²) in [5.41, 5.74) is 2.62. The smallest absolute Gasteiger partial charge is 0.120 e. The molecule has 0 saturated heterocycles. The Kier molecular flexibility index (Phi) is 5.43. The van der Waals surface area contributed by atoms with Crippen LogP contribution in [0, 0.1) is 13.8 Å². The van der Waals surface area contributed by atoms with E-state index in [9.17, 15) is 0 Å². The number of nitrogens with one attached hydrogen (secondary N) is 1. The van der Waals surface area contributed by atoms with Crippen LogP contribution in [0.25, 0.3) is 0 Å². The van der Waals surface area contributed by atoms with Crippen LogP contribution in [0.1, 0.15) is 47.7 Å². The van der Waals surface area contributed by atoms with Crippen molar-refractivity contribution in [1.82, 2.24) is 5.32 Å². The van der Waals surface area contributed by atoms with Crippen molar-refractivity contribution >= 4 is 11.3 Å². The SMILES string of the molecule is CCNC(c1cccc(OC(C)C)c1)c1sc(C)cc1C. The van der Waals surface area contributed by atoms with E-state index < -0.39 is 0 Å². The van der Waals surface area contributed by atoms with Gasteiger partial charge in [-0.15, -0.1) is 11.3 Å². The number of thiophene rings is 1. The van der Waals surface area contributed by atoms with Crippen LogP contribution in [0.3, 0.4) is 0 Å². The third-order valence-corrected chi connectivity index (χ3v) is 4.53. The lowest BCUT2D eigenvalue weighted by Gasteiger charge is -2.19. The molecule has 0 amide bonds. The van der Waals surface area contributed by atoms with Crippen LogP contribution in [-0.4, -0.2) is 12.6 Å². The zero-order chi connectivity index (χ0) is 15.4. The Morgan fingerprint density at radius 2 is 1.95 bits per heavy atom. The number of ether oxygens (including phenoxy) is 1. The van der Waals surface area contributed by atoms with E-state index in [1.165, 1.54) is 20.9 Å². The monoisotopic (exact) mass is 303 g/mol. The predicted molar refractivity (Wildman–Crippen MR) is 91.5 cm³/mol. The third-order valence-electron chi connectivity index (χ3n) is 3.31. The predicted octanol–water partition coefficient (Wildman–Crippen LogP) is 4.85. The Hall–Kier alpha value is -1.32. The lowest BCUT2D eigenvalue weighted by Crippen LogP contribution is -2.21. The lowest BCUT2D eigenvalue weighted by molar-refractivity contribution is 0.242. The Morgan fingerprint density at radius 1 is 1.19 bits per heavy atom. The first kappa shape index (κ1) is 16.1. The molecule has 1 aromatic heterocycles. The van der Waals surface area contributed by atoms with Gasteiger partial charge in [0.1, 0.15) is 5.75 Å². The van der Waals surface area contributed by atoms with Gasteiger partial charge in [0.05, 0.1) is 12.1 Å². The largest absolute Gasteiger partial charge is 0.491 e. The van der Waals surface area contributed by atoms with Gasteiger partial charge in [0.2, 0.25) is 0 Å². The van der Waals surface area contributed by atoms with Gasteiger partial charge in [0.15, 0.2) is 0 Å². The molecular formula is C18H25NOS. The van der Waals surface area contributed by atoms with Crippen LogP contribution in [0.2, 0.25) is 0 Å². The van der Waals surface area contributed by atoms with Gasteiger partial charge in [0.25, 0.3) is 0 Å². The quantitative estimate of drug-likeness (QED) is 0.823. The minimum absolute atomic E-state index is 0.198. The highest BCUT2D eigenvalue weighted by atomic mass is 32.1. The number of hydrogen-bond acceptors (Lipinski definition) is 3. The maximum Gasteiger partial charge on any atom is 0.120 e. The van der Waals surface area contributed by atoms with E-state index in [0.29, 0.717) is 0 Å². The van der Waals surface area contributed by atoms with Gasteiger partial charge in [-0.3, -0.25) is 0 Å². The van der Waals surface area contributed by atoms with Crippen molar-refractivity contribution in [3.05, 3.63) is 51.2 Å². The molecule has 2 aromatic rings. The normalized spacial score (nSPS) is 12.7. The molecule has 0 bridgehead atoms. The second-order valence-electron chi connectivity index (χ2n) is 5.63. The highest BCUT2D eigenvalue weighted by Crippen LogP contribution is 2.33. The van der Waals surface area contributed by atoms with Crippen molar-refractivity contribution in [3.8, 4) is 5.75 Å². The maximum atomic E-state index is 5.83. The van der Waals surface area contributed by atoms with E-state index in [1.54, 1.807) is 0 Å². The molecule has 2 nitrogen and oxygen atoms in total. The fourth-order valence-electron chi connectivity index (χ4n) is 2.55. The number of rotatable bonds is 6. The van der Waals surface area contributed by atoms with Crippen LogP contribution >= 0.6 is 11.3 Å². The first-order valence-electron chi connectivity index (χ1n) is 7.58. The average Bonchev–Trinajstić information content (AvgIpc) is 2.74. The van der Waals surface area contributed by atoms with Crippen molar-refractivity contribution in [2.75, 3.05) is 6.54 Å². The molecule has 3 heteroatoms. The van der Waals surface area contributed by atoms with Crippen molar-refractivity contribution in [2.45, 2.75) is 46.8 Å². The lowest BCUT2D eigenvalue weighted by atomic mass is 10.0. The molecule has 0 aliphatic rings. The van der Waals surface area contributed by atoms with Crippen molar-refractivity contribution < 1.29 is 4.74 Å². The van der Waals surface area contributed by atoms with E-state index in [-0.39, 0.29) is 12.1 Å². The zero-order valence-electron chi connectivity index (χ0n) is 13.6. The Labute approximate surface area is 132 Å². The minimum atomic E-state index is 0.198. The summed E-state index contributed by atoms with van der Waals surface area (Å²) in [6.07, 6.45) is 0.198. The molecule has 1 heterocycles. The average molecular weight is 303 g/mol. The van der Waals surface area contributed by atoms with Crippen LogP contribution in [0.15, 0.2) is 30.3 Å². The van der Waals surface area contributed by atoms with Gasteiger partial charge in [-0.2, -0.15) is 0 Å². The summed E-state index contributed by atoms with van der Waals surface area (Å²) in [7, 11) is 0. The zero-order valence-corrected chi connectivity index (χ0v) is 14.4. The molecule has 21 heavy (non-hydrogen) atoms. The molecule has 1 N–H and O–H groups in total. The highest BCUT2D eigenvalue weighted by Gasteiger charge is 2.18. The molecular weight excluding hydrogens is 278 g/mol. The number of aryl methyl sites for hydroxylation is 2. The first-order valence-corrected chi connectivity index (χ1v) is 8.39. The van der Waals surface area contributed by atoms with Crippen LogP contribution in [-0.2, 0) is 0 Å². The first-order chi connectivity index (χ1) is 10.0.